The average molecular weight is 480 g/mol. The lowest BCUT2D eigenvalue weighted by Gasteiger charge is -2.15. The molecule has 0 fully saturated rings. The van der Waals surface area contributed by atoms with Gasteiger partial charge in [-0.15, -0.1) is 0 Å². The van der Waals surface area contributed by atoms with Crippen molar-refractivity contribution in [2.75, 3.05) is 7.11 Å². The van der Waals surface area contributed by atoms with Crippen molar-refractivity contribution in [1.82, 2.24) is 15.1 Å². The third kappa shape index (κ3) is 5.33. The molecule has 5 nitrogen and oxygen atoms in total. The number of hydrogen-bond acceptors (Lipinski definition) is 3. The Hall–Kier alpha value is -3.00. The number of rotatable bonds is 6. The van der Waals surface area contributed by atoms with Gasteiger partial charge in [0.2, 0.25) is 5.91 Å². The summed E-state index contributed by atoms with van der Waals surface area (Å²) in [4.78, 5) is 12.8. The van der Waals surface area contributed by atoms with E-state index in [1.54, 1.807) is 11.6 Å². The minimum absolute atomic E-state index is 0.0486. The molecular weight excluding hydrogens is 455 g/mol. The summed E-state index contributed by atoms with van der Waals surface area (Å²) in [6, 6.07) is 8.23. The molecule has 2 aromatic carbocycles. The van der Waals surface area contributed by atoms with Gasteiger partial charge in [-0.2, -0.15) is 5.10 Å². The molecule has 176 valence electrons. The number of carbonyl (C=O) groups excluding carboxylic acids is 1. The van der Waals surface area contributed by atoms with E-state index in [-0.39, 0.29) is 22.5 Å². The largest absolute Gasteiger partial charge is 0.491 e. The summed E-state index contributed by atoms with van der Waals surface area (Å²) < 4.78 is 48.0. The Bertz CT molecular complexity index is 1170. The fourth-order valence-electron chi connectivity index (χ4n) is 3.26. The summed E-state index contributed by atoms with van der Waals surface area (Å²) in [6.07, 6.45) is 0. The minimum Gasteiger partial charge on any atom is -0.491 e. The molecule has 33 heavy (non-hydrogen) atoms. The number of amides is 1. The Labute approximate surface area is 195 Å². The van der Waals surface area contributed by atoms with Crippen molar-refractivity contribution in [3.05, 3.63) is 75.8 Å². The molecule has 3 rings (SSSR count). The van der Waals surface area contributed by atoms with Crippen LogP contribution in [-0.2, 0) is 16.8 Å². The van der Waals surface area contributed by atoms with Crippen LogP contribution in [0.25, 0.3) is 5.69 Å². The van der Waals surface area contributed by atoms with E-state index in [1.165, 1.54) is 25.3 Å². The predicted molar refractivity (Wildman–Crippen MR) is 120 cm³/mol. The lowest BCUT2D eigenvalue weighted by molar-refractivity contribution is -0.122. The summed E-state index contributed by atoms with van der Waals surface area (Å²) in [7, 11) is 1.17. The summed E-state index contributed by atoms with van der Waals surface area (Å²) in [6.45, 7) is 7.62. The second-order valence-corrected chi connectivity index (χ2v) is 9.15. The summed E-state index contributed by atoms with van der Waals surface area (Å²) in [5.74, 6) is -4.06. The van der Waals surface area contributed by atoms with E-state index in [0.29, 0.717) is 11.4 Å². The van der Waals surface area contributed by atoms with Gasteiger partial charge in [0.15, 0.2) is 17.4 Å². The molecule has 0 spiro atoms. The van der Waals surface area contributed by atoms with E-state index in [1.807, 2.05) is 26.8 Å². The third-order valence-electron chi connectivity index (χ3n) is 5.26. The smallest absolute Gasteiger partial charge is 0.227 e. The first kappa shape index (κ1) is 24.6. The second kappa shape index (κ2) is 9.47. The maximum absolute atomic E-state index is 14.1. The Morgan fingerprint density at radius 2 is 1.76 bits per heavy atom. The van der Waals surface area contributed by atoms with Crippen molar-refractivity contribution in [2.24, 2.45) is 0 Å². The van der Waals surface area contributed by atoms with Gasteiger partial charge in [0, 0.05) is 5.41 Å². The molecule has 0 bridgehead atoms. The van der Waals surface area contributed by atoms with Crippen molar-refractivity contribution < 1.29 is 22.7 Å². The van der Waals surface area contributed by atoms with Crippen LogP contribution in [0.4, 0.5) is 13.2 Å². The van der Waals surface area contributed by atoms with E-state index < -0.39 is 35.0 Å². The molecule has 0 saturated heterocycles. The van der Waals surface area contributed by atoms with Gasteiger partial charge in [0.1, 0.15) is 5.82 Å². The Kier molecular flexibility index (Phi) is 7.07. The van der Waals surface area contributed by atoms with Gasteiger partial charge in [-0.25, -0.2) is 17.9 Å². The molecule has 0 saturated carbocycles. The molecule has 1 atom stereocenters. The first-order valence-corrected chi connectivity index (χ1v) is 10.7. The van der Waals surface area contributed by atoms with Gasteiger partial charge in [0.05, 0.1) is 41.7 Å². The summed E-state index contributed by atoms with van der Waals surface area (Å²) in [5.41, 5.74) is 1.83. The predicted octanol–water partition coefficient (Wildman–Crippen LogP) is 5.67. The van der Waals surface area contributed by atoms with Gasteiger partial charge in [-0.1, -0.05) is 32.4 Å². The van der Waals surface area contributed by atoms with Crippen molar-refractivity contribution in [3.8, 4) is 11.4 Å². The number of halogens is 4. The van der Waals surface area contributed by atoms with E-state index >= 15 is 0 Å². The molecule has 0 aliphatic rings. The Morgan fingerprint density at radius 3 is 2.30 bits per heavy atom. The number of hydrogen-bond donors (Lipinski definition) is 1. The Morgan fingerprint density at radius 1 is 1.12 bits per heavy atom. The first-order chi connectivity index (χ1) is 15.4. The van der Waals surface area contributed by atoms with E-state index in [9.17, 15) is 18.0 Å². The zero-order chi connectivity index (χ0) is 24.5. The average Bonchev–Trinajstić information content (AvgIpc) is 3.18. The van der Waals surface area contributed by atoms with Gasteiger partial charge in [-0.05, 0) is 48.9 Å². The highest BCUT2D eigenvalue weighted by atomic mass is 35.5. The van der Waals surface area contributed by atoms with Crippen LogP contribution in [0.15, 0.2) is 36.4 Å². The summed E-state index contributed by atoms with van der Waals surface area (Å²) >= 11 is 5.94. The Balaban J connectivity index is 1.86. The molecule has 9 heteroatoms. The molecule has 3 aromatic rings. The lowest BCUT2D eigenvalue weighted by atomic mass is 9.92. The maximum atomic E-state index is 14.1. The number of carbonyl (C=O) groups is 1. The molecule has 1 amide bonds. The zero-order valence-corrected chi connectivity index (χ0v) is 19.7. The van der Waals surface area contributed by atoms with Crippen molar-refractivity contribution in [2.45, 2.75) is 45.6 Å². The number of nitrogens with zero attached hydrogens (tertiary/aromatic N) is 2. The minimum atomic E-state index is -0.881. The summed E-state index contributed by atoms with van der Waals surface area (Å²) in [5, 5.41) is 7.35. The number of aromatic nitrogens is 2. The van der Waals surface area contributed by atoms with Crippen molar-refractivity contribution in [3.63, 3.8) is 0 Å². The van der Waals surface area contributed by atoms with E-state index in [2.05, 4.69) is 15.2 Å². The SMILES string of the molecule is COc1c(F)cc(C(C)C(=O)NCc2cc(C(C)(C)C)nn2-c2ccc(F)c(Cl)c2)cc1F. The molecule has 1 heterocycles. The highest BCUT2D eigenvalue weighted by molar-refractivity contribution is 6.30. The molecule has 1 aromatic heterocycles. The number of ether oxygens (including phenoxy) is 1. The van der Waals surface area contributed by atoms with Gasteiger partial charge >= 0.3 is 0 Å². The van der Waals surface area contributed by atoms with Crippen LogP contribution in [0.1, 0.15) is 50.6 Å². The van der Waals surface area contributed by atoms with Crippen LogP contribution >= 0.6 is 11.6 Å². The van der Waals surface area contributed by atoms with Gasteiger partial charge in [0.25, 0.3) is 0 Å². The van der Waals surface area contributed by atoms with E-state index in [0.717, 1.165) is 17.8 Å². The molecule has 1 N–H and O–H groups in total. The number of benzene rings is 2. The van der Waals surface area contributed by atoms with Crippen LogP contribution in [0.3, 0.4) is 0 Å². The number of methoxy groups -OCH3 is 1. The standard InChI is InChI=1S/C24H25ClF3N3O2/c1-13(14-8-19(27)22(33-5)20(28)9-14)23(32)29-12-16-11-21(24(2,3)4)30-31(16)15-6-7-18(26)17(25)10-15/h6-11,13H,12H2,1-5H3,(H,29,32). The maximum Gasteiger partial charge on any atom is 0.227 e. The highest BCUT2D eigenvalue weighted by Crippen LogP contribution is 2.28. The van der Waals surface area contributed by atoms with Crippen molar-refractivity contribution >= 4 is 17.5 Å². The monoisotopic (exact) mass is 479 g/mol. The van der Waals surface area contributed by atoms with Crippen LogP contribution in [-0.4, -0.2) is 22.8 Å². The quantitative estimate of drug-likeness (QED) is 0.495. The topological polar surface area (TPSA) is 56.1 Å². The molecule has 0 aliphatic heterocycles. The van der Waals surface area contributed by atoms with Crippen LogP contribution in [0, 0.1) is 17.5 Å². The molecular formula is C24H25ClF3N3O2. The highest BCUT2D eigenvalue weighted by Gasteiger charge is 2.23. The lowest BCUT2D eigenvalue weighted by Crippen LogP contribution is -2.28. The fraction of sp³-hybridized carbons (Fsp3) is 0.333. The first-order valence-electron chi connectivity index (χ1n) is 10.3. The van der Waals surface area contributed by atoms with Crippen LogP contribution in [0.5, 0.6) is 5.75 Å². The van der Waals surface area contributed by atoms with E-state index in [4.69, 9.17) is 11.6 Å². The normalized spacial score (nSPS) is 12.5. The fourth-order valence-corrected chi connectivity index (χ4v) is 3.43. The molecule has 0 radical (unpaired) electrons. The van der Waals surface area contributed by atoms with Gasteiger partial charge < -0.3 is 10.1 Å². The van der Waals surface area contributed by atoms with Crippen LogP contribution < -0.4 is 10.1 Å². The molecule has 0 aliphatic carbocycles. The van der Waals surface area contributed by atoms with Crippen molar-refractivity contribution in [1.29, 1.82) is 0 Å². The molecule has 1 unspecified atom stereocenters. The zero-order valence-electron chi connectivity index (χ0n) is 19.0. The van der Waals surface area contributed by atoms with Gasteiger partial charge in [-0.3, -0.25) is 4.79 Å². The second-order valence-electron chi connectivity index (χ2n) is 8.74. The number of nitrogens with one attached hydrogen (secondary N) is 1. The third-order valence-corrected chi connectivity index (χ3v) is 5.55. The van der Waals surface area contributed by atoms with Crippen LogP contribution in [0.2, 0.25) is 5.02 Å².